The second kappa shape index (κ2) is 9.54. The molecule has 1 saturated heterocycles. The van der Waals surface area contributed by atoms with Crippen molar-refractivity contribution >= 4 is 5.91 Å². The van der Waals surface area contributed by atoms with Crippen molar-refractivity contribution in [3.63, 3.8) is 0 Å². The number of carbonyl (C=O) groups is 1. The molecule has 0 aliphatic carbocycles. The van der Waals surface area contributed by atoms with Gasteiger partial charge in [-0.1, -0.05) is 47.6 Å². The summed E-state index contributed by atoms with van der Waals surface area (Å²) < 4.78 is 10.6. The van der Waals surface area contributed by atoms with Crippen LogP contribution in [0.15, 0.2) is 59.1 Å². The fourth-order valence-corrected chi connectivity index (χ4v) is 3.65. The number of nitrogens with zero attached hydrogens (tertiary/aromatic N) is 3. The minimum Gasteiger partial charge on any atom is -0.497 e. The van der Waals surface area contributed by atoms with Crippen LogP contribution in [0, 0.1) is 5.92 Å². The summed E-state index contributed by atoms with van der Waals surface area (Å²) in [6.45, 7) is 2.82. The van der Waals surface area contributed by atoms with Gasteiger partial charge in [-0.25, -0.2) is 0 Å². The summed E-state index contributed by atoms with van der Waals surface area (Å²) in [5.41, 5.74) is 2.01. The number of ether oxygens (including phenoxy) is 1. The number of carbonyl (C=O) groups excluding carboxylic acids is 1. The van der Waals surface area contributed by atoms with E-state index in [9.17, 15) is 4.79 Å². The molecule has 0 spiro atoms. The van der Waals surface area contributed by atoms with Gasteiger partial charge in [0.25, 0.3) is 0 Å². The molecular formula is C23H26N4O3. The third-order valence-corrected chi connectivity index (χ3v) is 5.44. The van der Waals surface area contributed by atoms with Gasteiger partial charge in [0.05, 0.1) is 13.7 Å². The molecule has 1 aliphatic heterocycles. The van der Waals surface area contributed by atoms with Crippen molar-refractivity contribution in [2.45, 2.75) is 25.9 Å². The molecule has 156 valence electrons. The van der Waals surface area contributed by atoms with Crippen molar-refractivity contribution in [1.29, 1.82) is 0 Å². The van der Waals surface area contributed by atoms with E-state index in [2.05, 4.69) is 20.4 Å². The number of hydrogen-bond acceptors (Lipinski definition) is 6. The average Bonchev–Trinajstić information content (AvgIpc) is 3.27. The Bertz CT molecular complexity index is 948. The molecule has 1 aliphatic rings. The number of aromatic nitrogens is 2. The second-order valence-corrected chi connectivity index (χ2v) is 7.49. The molecule has 1 fully saturated rings. The molecule has 2 aromatic carbocycles. The molecule has 0 unspecified atom stereocenters. The van der Waals surface area contributed by atoms with Gasteiger partial charge in [0.15, 0.2) is 0 Å². The molecule has 1 aromatic heterocycles. The third-order valence-electron chi connectivity index (χ3n) is 5.44. The van der Waals surface area contributed by atoms with Crippen LogP contribution in [0.2, 0.25) is 0 Å². The molecule has 2 heterocycles. The van der Waals surface area contributed by atoms with Crippen LogP contribution >= 0.6 is 0 Å². The Morgan fingerprint density at radius 2 is 1.87 bits per heavy atom. The normalized spacial score (nSPS) is 15.1. The Labute approximate surface area is 176 Å². The van der Waals surface area contributed by atoms with Gasteiger partial charge in [0.1, 0.15) is 5.75 Å². The topological polar surface area (TPSA) is 80.5 Å². The molecule has 0 saturated carbocycles. The first kappa shape index (κ1) is 20.1. The van der Waals surface area contributed by atoms with Crippen LogP contribution in [0.4, 0.5) is 0 Å². The number of benzene rings is 2. The van der Waals surface area contributed by atoms with Crippen molar-refractivity contribution in [2.75, 3.05) is 20.2 Å². The lowest BCUT2D eigenvalue weighted by Gasteiger charge is -2.30. The van der Waals surface area contributed by atoms with Gasteiger partial charge in [-0.3, -0.25) is 9.69 Å². The van der Waals surface area contributed by atoms with E-state index in [-0.39, 0.29) is 11.8 Å². The van der Waals surface area contributed by atoms with Gasteiger partial charge in [0.2, 0.25) is 17.6 Å². The second-order valence-electron chi connectivity index (χ2n) is 7.49. The molecule has 1 amide bonds. The molecule has 3 aromatic rings. The summed E-state index contributed by atoms with van der Waals surface area (Å²) in [4.78, 5) is 19.3. The quantitative estimate of drug-likeness (QED) is 0.649. The molecule has 7 heteroatoms. The first-order valence-corrected chi connectivity index (χ1v) is 10.2. The lowest BCUT2D eigenvalue weighted by molar-refractivity contribution is -0.126. The Morgan fingerprint density at radius 1 is 1.13 bits per heavy atom. The monoisotopic (exact) mass is 406 g/mol. The van der Waals surface area contributed by atoms with Crippen LogP contribution in [0.1, 0.15) is 24.3 Å². The van der Waals surface area contributed by atoms with E-state index < -0.39 is 0 Å². The Balaban J connectivity index is 1.22. The minimum absolute atomic E-state index is 0.0436. The van der Waals surface area contributed by atoms with Crippen LogP contribution in [0.3, 0.4) is 0 Å². The maximum Gasteiger partial charge on any atom is 0.241 e. The summed E-state index contributed by atoms with van der Waals surface area (Å²) >= 11 is 0. The number of methoxy groups -OCH3 is 1. The molecular weight excluding hydrogens is 380 g/mol. The van der Waals surface area contributed by atoms with E-state index in [0.29, 0.717) is 24.8 Å². The van der Waals surface area contributed by atoms with Crippen LogP contribution in [-0.2, 0) is 17.9 Å². The van der Waals surface area contributed by atoms with E-state index in [1.807, 2.05) is 54.6 Å². The summed E-state index contributed by atoms with van der Waals surface area (Å²) in [7, 11) is 1.64. The summed E-state index contributed by atoms with van der Waals surface area (Å²) in [6.07, 6.45) is 1.66. The van der Waals surface area contributed by atoms with E-state index in [4.69, 9.17) is 9.26 Å². The first-order valence-electron chi connectivity index (χ1n) is 10.2. The van der Waals surface area contributed by atoms with E-state index >= 15 is 0 Å². The molecule has 30 heavy (non-hydrogen) atoms. The SMILES string of the molecule is COc1ccc(CNC(=O)C2CCN(Cc3nc(-c4ccccc4)no3)CC2)cc1. The average molecular weight is 406 g/mol. The van der Waals surface area contributed by atoms with E-state index in [0.717, 1.165) is 42.8 Å². The lowest BCUT2D eigenvalue weighted by atomic mass is 9.96. The largest absolute Gasteiger partial charge is 0.497 e. The standard InChI is InChI=1S/C23H26N4O3/c1-29-20-9-7-17(8-10-20)15-24-23(28)19-11-13-27(14-12-19)16-21-25-22(26-30-21)18-5-3-2-4-6-18/h2-10,19H,11-16H2,1H3,(H,24,28). The highest BCUT2D eigenvalue weighted by atomic mass is 16.5. The Hall–Kier alpha value is -3.19. The van der Waals surface area contributed by atoms with Crippen LogP contribution in [0.25, 0.3) is 11.4 Å². The zero-order valence-corrected chi connectivity index (χ0v) is 17.1. The van der Waals surface area contributed by atoms with Crippen LogP contribution < -0.4 is 10.1 Å². The van der Waals surface area contributed by atoms with Crippen molar-refractivity contribution in [3.05, 3.63) is 66.1 Å². The van der Waals surface area contributed by atoms with E-state index in [1.54, 1.807) is 7.11 Å². The Kier molecular flexibility index (Phi) is 6.39. The highest BCUT2D eigenvalue weighted by Crippen LogP contribution is 2.21. The lowest BCUT2D eigenvalue weighted by Crippen LogP contribution is -2.40. The maximum absolute atomic E-state index is 12.5. The number of hydrogen-bond donors (Lipinski definition) is 1. The number of piperidine rings is 1. The maximum atomic E-state index is 12.5. The summed E-state index contributed by atoms with van der Waals surface area (Å²) in [6, 6.07) is 17.5. The zero-order chi connectivity index (χ0) is 20.8. The molecule has 0 bridgehead atoms. The fraction of sp³-hybridized carbons (Fsp3) is 0.348. The molecule has 7 nitrogen and oxygen atoms in total. The smallest absolute Gasteiger partial charge is 0.241 e. The third kappa shape index (κ3) is 5.04. The molecule has 0 atom stereocenters. The molecule has 1 N–H and O–H groups in total. The fourth-order valence-electron chi connectivity index (χ4n) is 3.65. The number of nitrogens with one attached hydrogen (secondary N) is 1. The summed E-state index contributed by atoms with van der Waals surface area (Å²) in [5.74, 6) is 2.20. The predicted octanol–water partition coefficient (Wildman–Crippen LogP) is 3.27. The van der Waals surface area contributed by atoms with E-state index in [1.165, 1.54) is 0 Å². The van der Waals surface area contributed by atoms with Crippen LogP contribution in [0.5, 0.6) is 5.75 Å². The highest BCUT2D eigenvalue weighted by Gasteiger charge is 2.25. The predicted molar refractivity (Wildman–Crippen MR) is 113 cm³/mol. The summed E-state index contributed by atoms with van der Waals surface area (Å²) in [5, 5.41) is 7.13. The highest BCUT2D eigenvalue weighted by molar-refractivity contribution is 5.78. The molecule has 4 rings (SSSR count). The minimum atomic E-state index is 0.0436. The van der Waals surface area contributed by atoms with Gasteiger partial charge in [0, 0.05) is 18.0 Å². The van der Waals surface area contributed by atoms with Crippen molar-refractivity contribution in [2.24, 2.45) is 5.92 Å². The van der Waals surface area contributed by atoms with Gasteiger partial charge in [-0.2, -0.15) is 4.98 Å². The number of likely N-dealkylation sites (tertiary alicyclic amines) is 1. The van der Waals surface area contributed by atoms with Gasteiger partial charge in [-0.05, 0) is 43.6 Å². The Morgan fingerprint density at radius 3 is 2.57 bits per heavy atom. The molecule has 0 radical (unpaired) electrons. The van der Waals surface area contributed by atoms with Crippen LogP contribution in [-0.4, -0.2) is 41.1 Å². The number of rotatable bonds is 7. The zero-order valence-electron chi connectivity index (χ0n) is 17.1. The van der Waals surface area contributed by atoms with Gasteiger partial charge >= 0.3 is 0 Å². The van der Waals surface area contributed by atoms with Crippen molar-refractivity contribution in [1.82, 2.24) is 20.4 Å². The number of amides is 1. The van der Waals surface area contributed by atoms with Gasteiger partial charge < -0.3 is 14.6 Å². The van der Waals surface area contributed by atoms with Crippen molar-refractivity contribution < 1.29 is 14.1 Å². The first-order chi connectivity index (χ1) is 14.7. The van der Waals surface area contributed by atoms with Gasteiger partial charge in [-0.15, -0.1) is 0 Å². The van der Waals surface area contributed by atoms with Crippen molar-refractivity contribution in [3.8, 4) is 17.1 Å².